The van der Waals surface area contributed by atoms with E-state index < -0.39 is 0 Å². The Morgan fingerprint density at radius 2 is 1.88 bits per heavy atom. The van der Waals surface area contributed by atoms with Gasteiger partial charge in [-0.25, -0.2) is 0 Å². The average Bonchev–Trinajstić information content (AvgIpc) is 3.08. The highest BCUT2D eigenvalue weighted by Crippen LogP contribution is 2.18. The van der Waals surface area contributed by atoms with Gasteiger partial charge in [0.25, 0.3) is 5.91 Å². The van der Waals surface area contributed by atoms with Crippen molar-refractivity contribution in [3.05, 3.63) is 78.1 Å². The molecule has 0 bridgehead atoms. The van der Waals surface area contributed by atoms with E-state index in [1.54, 1.807) is 42.7 Å². The van der Waals surface area contributed by atoms with E-state index in [2.05, 4.69) is 15.7 Å². The molecule has 0 spiro atoms. The van der Waals surface area contributed by atoms with Crippen LogP contribution in [0.25, 0.3) is 0 Å². The minimum atomic E-state index is -0.277. The predicted octanol–water partition coefficient (Wildman–Crippen LogP) is 3.08. The summed E-state index contributed by atoms with van der Waals surface area (Å²) < 4.78 is 1.52. The van der Waals surface area contributed by atoms with Crippen LogP contribution in [0.1, 0.15) is 15.9 Å². The van der Waals surface area contributed by atoms with Crippen LogP contribution < -0.4 is 10.6 Å². The van der Waals surface area contributed by atoms with Gasteiger partial charge in [0.15, 0.2) is 0 Å². The van der Waals surface area contributed by atoms with E-state index in [-0.39, 0.29) is 18.4 Å². The highest BCUT2D eigenvalue weighted by Gasteiger charge is 2.13. The molecule has 0 aliphatic heterocycles. The van der Waals surface area contributed by atoms with Crippen LogP contribution in [0.15, 0.2) is 67.0 Å². The molecule has 126 valence electrons. The number of hydrogen-bond acceptors (Lipinski definition) is 3. The third-order valence-corrected chi connectivity index (χ3v) is 3.59. The molecule has 2 aromatic carbocycles. The van der Waals surface area contributed by atoms with Crippen LogP contribution in [0.2, 0.25) is 0 Å². The summed E-state index contributed by atoms with van der Waals surface area (Å²) in [5.74, 6) is -0.528. The molecule has 1 aromatic heterocycles. The Morgan fingerprint density at radius 3 is 2.64 bits per heavy atom. The summed E-state index contributed by atoms with van der Waals surface area (Å²) in [6.45, 7) is 2.04. The Kier molecular flexibility index (Phi) is 4.89. The second-order valence-corrected chi connectivity index (χ2v) is 5.62. The molecule has 0 unspecified atom stereocenters. The van der Waals surface area contributed by atoms with Crippen molar-refractivity contribution in [3.63, 3.8) is 0 Å². The molecule has 2 N–H and O–H groups in total. The maximum Gasteiger partial charge on any atom is 0.257 e. The number of hydrogen-bond donors (Lipinski definition) is 2. The number of carbonyl (C=O) groups is 2. The quantitative estimate of drug-likeness (QED) is 0.753. The molecule has 2 amide bonds. The van der Waals surface area contributed by atoms with Crippen molar-refractivity contribution < 1.29 is 9.59 Å². The molecule has 3 aromatic rings. The number of para-hydroxylation sites is 1. The van der Waals surface area contributed by atoms with Crippen LogP contribution in [-0.4, -0.2) is 21.6 Å². The zero-order valence-corrected chi connectivity index (χ0v) is 13.8. The van der Waals surface area contributed by atoms with Gasteiger partial charge in [-0.3, -0.25) is 14.3 Å². The van der Waals surface area contributed by atoms with Crippen LogP contribution in [0, 0.1) is 6.92 Å². The van der Waals surface area contributed by atoms with Gasteiger partial charge in [-0.15, -0.1) is 0 Å². The molecule has 6 heteroatoms. The van der Waals surface area contributed by atoms with Crippen LogP contribution in [0.5, 0.6) is 0 Å². The maximum atomic E-state index is 12.6. The zero-order valence-electron chi connectivity index (χ0n) is 13.8. The average molecular weight is 334 g/mol. The molecule has 0 radical (unpaired) electrons. The van der Waals surface area contributed by atoms with Crippen molar-refractivity contribution in [2.24, 2.45) is 0 Å². The molecule has 1 heterocycles. The number of nitrogens with zero attached hydrogens (tertiary/aromatic N) is 2. The van der Waals surface area contributed by atoms with E-state index in [9.17, 15) is 9.59 Å². The second kappa shape index (κ2) is 7.44. The van der Waals surface area contributed by atoms with Crippen molar-refractivity contribution in [2.75, 3.05) is 10.6 Å². The lowest BCUT2D eigenvalue weighted by molar-refractivity contribution is -0.116. The summed E-state index contributed by atoms with van der Waals surface area (Å²) in [6, 6.07) is 16.2. The van der Waals surface area contributed by atoms with Crippen molar-refractivity contribution >= 4 is 23.2 Å². The summed E-state index contributed by atoms with van der Waals surface area (Å²) in [6.07, 6.45) is 3.31. The third kappa shape index (κ3) is 4.32. The van der Waals surface area contributed by atoms with Crippen LogP contribution in [-0.2, 0) is 11.3 Å². The van der Waals surface area contributed by atoms with Crippen LogP contribution >= 0.6 is 0 Å². The minimum Gasteiger partial charge on any atom is -0.324 e. The van der Waals surface area contributed by atoms with E-state index in [0.717, 1.165) is 5.56 Å². The SMILES string of the molecule is Cc1cccc(NC(=O)c2ccccc2NC(=O)Cn2cccn2)c1. The topological polar surface area (TPSA) is 76.0 Å². The highest BCUT2D eigenvalue weighted by molar-refractivity contribution is 6.10. The summed E-state index contributed by atoms with van der Waals surface area (Å²) in [5, 5.41) is 9.61. The summed E-state index contributed by atoms with van der Waals surface area (Å²) >= 11 is 0. The Hall–Kier alpha value is -3.41. The van der Waals surface area contributed by atoms with Gasteiger partial charge >= 0.3 is 0 Å². The van der Waals surface area contributed by atoms with Gasteiger partial charge < -0.3 is 10.6 Å². The molecule has 0 fully saturated rings. The van der Waals surface area contributed by atoms with Crippen LogP contribution in [0.4, 0.5) is 11.4 Å². The molecule has 0 aliphatic rings. The predicted molar refractivity (Wildman–Crippen MR) is 96.4 cm³/mol. The molecular weight excluding hydrogens is 316 g/mol. The Bertz CT molecular complexity index is 888. The zero-order chi connectivity index (χ0) is 17.6. The van der Waals surface area contributed by atoms with E-state index in [1.807, 2.05) is 31.2 Å². The second-order valence-electron chi connectivity index (χ2n) is 5.62. The third-order valence-electron chi connectivity index (χ3n) is 3.59. The van der Waals surface area contributed by atoms with E-state index in [4.69, 9.17) is 0 Å². The molecule has 0 aliphatic carbocycles. The molecule has 0 saturated carbocycles. The number of rotatable bonds is 5. The molecule has 6 nitrogen and oxygen atoms in total. The monoisotopic (exact) mass is 334 g/mol. The molecular formula is C19H18N4O2. The Balaban J connectivity index is 1.73. The number of nitrogens with one attached hydrogen (secondary N) is 2. The molecule has 0 atom stereocenters. The van der Waals surface area contributed by atoms with E-state index in [0.29, 0.717) is 16.9 Å². The fourth-order valence-corrected chi connectivity index (χ4v) is 2.44. The van der Waals surface area contributed by atoms with Crippen molar-refractivity contribution in [3.8, 4) is 0 Å². The fraction of sp³-hybridized carbons (Fsp3) is 0.105. The lowest BCUT2D eigenvalue weighted by atomic mass is 10.1. The standard InChI is InChI=1S/C19H18N4O2/c1-14-6-4-7-15(12-14)21-19(25)16-8-2-3-9-17(16)22-18(24)13-23-11-5-10-20-23/h2-12H,13H2,1H3,(H,21,25)(H,22,24). The van der Waals surface area contributed by atoms with E-state index in [1.165, 1.54) is 4.68 Å². The van der Waals surface area contributed by atoms with Crippen molar-refractivity contribution in [1.82, 2.24) is 9.78 Å². The van der Waals surface area contributed by atoms with Gasteiger partial charge in [-0.05, 0) is 42.8 Å². The summed E-state index contributed by atoms with van der Waals surface area (Å²) in [5.41, 5.74) is 2.63. The first-order chi connectivity index (χ1) is 12.1. The van der Waals surface area contributed by atoms with Gasteiger partial charge in [-0.2, -0.15) is 5.10 Å². The molecule has 0 saturated heterocycles. The number of carbonyl (C=O) groups excluding carboxylic acids is 2. The number of amides is 2. The van der Waals surface area contributed by atoms with Gasteiger partial charge in [0.05, 0.1) is 11.3 Å². The fourth-order valence-electron chi connectivity index (χ4n) is 2.44. The van der Waals surface area contributed by atoms with E-state index >= 15 is 0 Å². The van der Waals surface area contributed by atoms with Crippen LogP contribution in [0.3, 0.4) is 0 Å². The largest absolute Gasteiger partial charge is 0.324 e. The first-order valence-electron chi connectivity index (χ1n) is 7.86. The smallest absolute Gasteiger partial charge is 0.257 e. The number of benzene rings is 2. The molecule has 25 heavy (non-hydrogen) atoms. The van der Waals surface area contributed by atoms with Gasteiger partial charge in [0.1, 0.15) is 6.54 Å². The highest BCUT2D eigenvalue weighted by atomic mass is 16.2. The minimum absolute atomic E-state index is 0.0842. The first kappa shape index (κ1) is 16.4. The van der Waals surface area contributed by atoms with Gasteiger partial charge in [-0.1, -0.05) is 24.3 Å². The lowest BCUT2D eigenvalue weighted by Gasteiger charge is -2.12. The van der Waals surface area contributed by atoms with Gasteiger partial charge in [0.2, 0.25) is 5.91 Å². The summed E-state index contributed by atoms with van der Waals surface area (Å²) in [4.78, 5) is 24.7. The Morgan fingerprint density at radius 1 is 1.04 bits per heavy atom. The Labute approximate surface area is 145 Å². The number of aromatic nitrogens is 2. The van der Waals surface area contributed by atoms with Crippen molar-refractivity contribution in [1.29, 1.82) is 0 Å². The summed E-state index contributed by atoms with van der Waals surface area (Å²) in [7, 11) is 0. The number of aryl methyl sites for hydroxylation is 1. The molecule has 3 rings (SSSR count). The maximum absolute atomic E-state index is 12.6. The normalized spacial score (nSPS) is 10.3. The lowest BCUT2D eigenvalue weighted by Crippen LogP contribution is -2.21. The van der Waals surface area contributed by atoms with Crippen molar-refractivity contribution in [2.45, 2.75) is 13.5 Å². The first-order valence-corrected chi connectivity index (χ1v) is 7.86. The van der Waals surface area contributed by atoms with Gasteiger partial charge in [0, 0.05) is 18.1 Å². The number of anilines is 2.